The molecule has 2 aromatic carbocycles. The maximum absolute atomic E-state index is 11.6. The van der Waals surface area contributed by atoms with Crippen LogP contribution in [0.4, 0.5) is 0 Å². The van der Waals surface area contributed by atoms with Gasteiger partial charge in [0.05, 0.1) is 0 Å². The molecule has 0 N–H and O–H groups in total. The zero-order valence-electron chi connectivity index (χ0n) is 13.0. The van der Waals surface area contributed by atoms with Crippen molar-refractivity contribution in [3.63, 3.8) is 0 Å². The number of hydrogen-bond donors (Lipinski definition) is 0. The Hall–Kier alpha value is -2.42. The number of carbonyl (C=O) groups excluding carboxylic acids is 2. The van der Waals surface area contributed by atoms with Crippen LogP contribution >= 0.6 is 11.6 Å². The number of benzene rings is 2. The van der Waals surface area contributed by atoms with Gasteiger partial charge in [0.15, 0.2) is 0 Å². The van der Waals surface area contributed by atoms with E-state index in [0.717, 1.165) is 22.3 Å². The van der Waals surface area contributed by atoms with Crippen molar-refractivity contribution in [3.8, 4) is 0 Å². The minimum absolute atomic E-state index is 0.0823. The number of aliphatic imine (C=N–C) groups is 1. The van der Waals surface area contributed by atoms with Crippen molar-refractivity contribution in [2.75, 3.05) is 0 Å². The summed E-state index contributed by atoms with van der Waals surface area (Å²) in [6.07, 6.45) is 1.76. The molecule has 0 aliphatic heterocycles. The Balaban J connectivity index is 2.05. The first-order valence-corrected chi connectivity index (χ1v) is 8.10. The summed E-state index contributed by atoms with van der Waals surface area (Å²) in [6.45, 7) is 1.40. The van der Waals surface area contributed by atoms with E-state index in [4.69, 9.17) is 16.3 Å². The monoisotopic (exact) mass is 339 g/mol. The first-order chi connectivity index (χ1) is 11.6. The van der Waals surface area contributed by atoms with E-state index < -0.39 is 5.54 Å². The van der Waals surface area contributed by atoms with Gasteiger partial charge in [0.2, 0.25) is 6.08 Å². The zero-order chi connectivity index (χ0) is 16.9. The van der Waals surface area contributed by atoms with Crippen molar-refractivity contribution in [2.45, 2.75) is 30.9 Å². The minimum Gasteiger partial charge on any atom is -0.461 e. The molecule has 3 aliphatic rings. The first kappa shape index (κ1) is 15.1. The molecule has 0 amide bonds. The van der Waals surface area contributed by atoms with Crippen LogP contribution in [0, 0.1) is 0 Å². The molecule has 0 radical (unpaired) electrons. The highest BCUT2D eigenvalue weighted by Gasteiger charge is 2.54. The summed E-state index contributed by atoms with van der Waals surface area (Å²) in [5, 5.41) is 0.586. The van der Waals surface area contributed by atoms with Crippen LogP contribution < -0.4 is 0 Å². The Kier molecular flexibility index (Phi) is 3.34. The number of rotatable bonds is 2. The Morgan fingerprint density at radius 2 is 2.00 bits per heavy atom. The fraction of sp³-hybridized carbons (Fsp3) is 0.263. The zero-order valence-corrected chi connectivity index (χ0v) is 13.7. The smallest absolute Gasteiger partial charge is 0.302 e. The van der Waals surface area contributed by atoms with E-state index in [2.05, 4.69) is 4.99 Å². The summed E-state index contributed by atoms with van der Waals surface area (Å²) in [5.41, 5.74) is 2.97. The second-order valence-corrected chi connectivity index (χ2v) is 6.65. The average Bonchev–Trinajstić information content (AvgIpc) is 2.55. The van der Waals surface area contributed by atoms with E-state index in [1.54, 1.807) is 6.08 Å². The third-order valence-electron chi connectivity index (χ3n) is 4.96. The van der Waals surface area contributed by atoms with Gasteiger partial charge in [0, 0.05) is 24.3 Å². The second kappa shape index (κ2) is 5.30. The summed E-state index contributed by atoms with van der Waals surface area (Å²) in [6, 6.07) is 13.4. The van der Waals surface area contributed by atoms with Crippen LogP contribution in [0.3, 0.4) is 0 Å². The van der Waals surface area contributed by atoms with Crippen LogP contribution in [-0.2, 0) is 19.9 Å². The molecule has 3 aliphatic carbocycles. The van der Waals surface area contributed by atoms with E-state index in [-0.39, 0.29) is 18.0 Å². The summed E-state index contributed by atoms with van der Waals surface area (Å²) in [4.78, 5) is 27.0. The SMILES string of the molecule is CC(=O)OC1CC2(N=C=O)c3ccccc3C1c1ccc(Cl)cc12. The van der Waals surface area contributed by atoms with Gasteiger partial charge in [-0.15, -0.1) is 0 Å². The molecular weight excluding hydrogens is 326 g/mol. The molecule has 2 aromatic rings. The molecule has 4 nitrogen and oxygen atoms in total. The Labute approximate surface area is 144 Å². The van der Waals surface area contributed by atoms with Gasteiger partial charge in [-0.25, -0.2) is 4.79 Å². The number of fused-ring (bicyclic) bond motifs is 1. The average molecular weight is 340 g/mol. The van der Waals surface area contributed by atoms with Gasteiger partial charge in [-0.3, -0.25) is 4.79 Å². The number of halogens is 1. The van der Waals surface area contributed by atoms with E-state index in [0.29, 0.717) is 11.4 Å². The lowest BCUT2D eigenvalue weighted by molar-refractivity contribution is -0.148. The van der Waals surface area contributed by atoms with Gasteiger partial charge in [-0.05, 0) is 34.4 Å². The van der Waals surface area contributed by atoms with Gasteiger partial charge >= 0.3 is 5.97 Å². The Bertz CT molecular complexity index is 903. The quantitative estimate of drug-likeness (QED) is 0.476. The number of esters is 1. The lowest BCUT2D eigenvalue weighted by Crippen LogP contribution is -2.47. The molecule has 3 atom stereocenters. The summed E-state index contributed by atoms with van der Waals surface area (Å²) in [7, 11) is 0. The van der Waals surface area contributed by atoms with Crippen LogP contribution in [0.15, 0.2) is 47.5 Å². The van der Waals surface area contributed by atoms with Crippen molar-refractivity contribution in [1.29, 1.82) is 0 Å². The largest absolute Gasteiger partial charge is 0.461 e. The van der Waals surface area contributed by atoms with E-state index in [1.165, 1.54) is 6.92 Å². The molecule has 0 saturated carbocycles. The van der Waals surface area contributed by atoms with Gasteiger partial charge < -0.3 is 4.74 Å². The lowest BCUT2D eigenvalue weighted by atomic mass is 9.58. The van der Waals surface area contributed by atoms with Crippen molar-refractivity contribution in [2.24, 2.45) is 4.99 Å². The molecule has 2 bridgehead atoms. The molecule has 0 heterocycles. The number of ether oxygens (including phenoxy) is 1. The summed E-state index contributed by atoms with van der Waals surface area (Å²) in [5.74, 6) is -0.424. The minimum atomic E-state index is -0.909. The Morgan fingerprint density at radius 3 is 2.75 bits per heavy atom. The van der Waals surface area contributed by atoms with Crippen LogP contribution in [0.25, 0.3) is 0 Å². The van der Waals surface area contributed by atoms with Crippen molar-refractivity contribution >= 4 is 23.7 Å². The molecule has 5 rings (SSSR count). The molecule has 120 valence electrons. The van der Waals surface area contributed by atoms with Crippen LogP contribution in [0.5, 0.6) is 0 Å². The molecule has 0 aromatic heterocycles. The molecule has 0 spiro atoms. The third-order valence-corrected chi connectivity index (χ3v) is 5.19. The van der Waals surface area contributed by atoms with Gasteiger partial charge in [0.25, 0.3) is 0 Å². The highest BCUT2D eigenvalue weighted by atomic mass is 35.5. The summed E-state index contributed by atoms with van der Waals surface area (Å²) < 4.78 is 5.58. The molecular formula is C19H14ClNO3. The van der Waals surface area contributed by atoms with Crippen molar-refractivity contribution in [3.05, 3.63) is 69.7 Å². The Morgan fingerprint density at radius 1 is 1.25 bits per heavy atom. The summed E-state index contributed by atoms with van der Waals surface area (Å²) >= 11 is 6.20. The number of hydrogen-bond acceptors (Lipinski definition) is 4. The first-order valence-electron chi connectivity index (χ1n) is 7.72. The fourth-order valence-corrected chi connectivity index (χ4v) is 4.38. The van der Waals surface area contributed by atoms with Crippen LogP contribution in [0.2, 0.25) is 5.02 Å². The molecule has 0 saturated heterocycles. The highest BCUT2D eigenvalue weighted by Crippen LogP contribution is 2.58. The van der Waals surface area contributed by atoms with Crippen molar-refractivity contribution < 1.29 is 14.3 Å². The van der Waals surface area contributed by atoms with Crippen LogP contribution in [0.1, 0.15) is 41.5 Å². The highest BCUT2D eigenvalue weighted by molar-refractivity contribution is 6.30. The normalized spacial score (nSPS) is 26.1. The van der Waals surface area contributed by atoms with E-state index in [1.807, 2.05) is 42.5 Å². The third kappa shape index (κ3) is 1.97. The number of nitrogens with zero attached hydrogens (tertiary/aromatic N) is 1. The molecule has 5 heteroatoms. The predicted octanol–water partition coefficient (Wildman–Crippen LogP) is 3.70. The van der Waals surface area contributed by atoms with Crippen molar-refractivity contribution in [1.82, 2.24) is 0 Å². The molecule has 24 heavy (non-hydrogen) atoms. The lowest BCUT2D eigenvalue weighted by Gasteiger charge is -2.49. The molecule has 3 unspecified atom stereocenters. The standard InChI is InChI=1S/C19H14ClNO3/c1-11(23)24-17-9-19(21-10-22)15-5-3-2-4-13(15)18(17)14-7-6-12(20)8-16(14)19/h2-8,17-18H,9H2,1H3. The van der Waals surface area contributed by atoms with E-state index >= 15 is 0 Å². The molecule has 0 fully saturated rings. The fourth-order valence-electron chi connectivity index (χ4n) is 4.21. The second-order valence-electron chi connectivity index (χ2n) is 6.21. The van der Waals surface area contributed by atoms with Crippen LogP contribution in [-0.4, -0.2) is 18.2 Å². The van der Waals surface area contributed by atoms with Gasteiger partial charge in [-0.2, -0.15) is 4.99 Å². The van der Waals surface area contributed by atoms with Gasteiger partial charge in [-0.1, -0.05) is 41.9 Å². The van der Waals surface area contributed by atoms with Gasteiger partial charge in [0.1, 0.15) is 11.6 Å². The predicted molar refractivity (Wildman–Crippen MR) is 88.8 cm³/mol. The maximum atomic E-state index is 11.6. The topological polar surface area (TPSA) is 55.7 Å². The van der Waals surface area contributed by atoms with E-state index in [9.17, 15) is 9.59 Å². The maximum Gasteiger partial charge on any atom is 0.302 e. The number of isocyanates is 1. The number of carbonyl (C=O) groups is 1.